The summed E-state index contributed by atoms with van der Waals surface area (Å²) < 4.78 is 4.58. The molecule has 7 nitrogen and oxygen atoms in total. The van der Waals surface area contributed by atoms with Gasteiger partial charge in [-0.25, -0.2) is 4.79 Å². The SMILES string of the molecule is CCOC(=O)C1=NOC([N+](=O)[O-])C1. The molecular weight excluding hydrogens is 180 g/mol. The van der Waals surface area contributed by atoms with E-state index in [-0.39, 0.29) is 18.7 Å². The van der Waals surface area contributed by atoms with Crippen LogP contribution in [0.4, 0.5) is 0 Å². The molecule has 0 aliphatic carbocycles. The minimum atomic E-state index is -1.25. The molecule has 13 heavy (non-hydrogen) atoms. The molecule has 0 saturated carbocycles. The van der Waals surface area contributed by atoms with Gasteiger partial charge in [0.1, 0.15) is 6.42 Å². The van der Waals surface area contributed by atoms with Gasteiger partial charge in [0, 0.05) is 0 Å². The summed E-state index contributed by atoms with van der Waals surface area (Å²) >= 11 is 0. The number of hydrogen-bond donors (Lipinski definition) is 0. The second-order valence-corrected chi connectivity index (χ2v) is 2.31. The van der Waals surface area contributed by atoms with E-state index in [9.17, 15) is 14.9 Å². The van der Waals surface area contributed by atoms with Crippen LogP contribution in [-0.2, 0) is 14.4 Å². The van der Waals surface area contributed by atoms with Crippen molar-refractivity contribution in [3.05, 3.63) is 10.1 Å². The fourth-order valence-electron chi connectivity index (χ4n) is 0.812. The minimum Gasteiger partial charge on any atom is -0.461 e. The second kappa shape index (κ2) is 3.83. The number of nitrogens with zero attached hydrogens (tertiary/aromatic N) is 2. The molecule has 72 valence electrons. The van der Waals surface area contributed by atoms with Crippen molar-refractivity contribution in [3.63, 3.8) is 0 Å². The third-order valence-electron chi connectivity index (χ3n) is 1.40. The maximum Gasteiger partial charge on any atom is 0.380 e. The van der Waals surface area contributed by atoms with Gasteiger partial charge in [0.25, 0.3) is 0 Å². The standard InChI is InChI=1S/C6H8N2O5/c1-2-12-6(9)4-3-5(8(10)11)13-7-4/h5H,2-3H2,1H3. The molecule has 0 bridgehead atoms. The Balaban J connectivity index is 2.48. The summed E-state index contributed by atoms with van der Waals surface area (Å²) in [4.78, 5) is 24.9. The summed E-state index contributed by atoms with van der Waals surface area (Å²) in [5, 5.41) is 13.4. The van der Waals surface area contributed by atoms with Gasteiger partial charge in [-0.2, -0.15) is 0 Å². The van der Waals surface area contributed by atoms with Gasteiger partial charge in [-0.1, -0.05) is 5.16 Å². The van der Waals surface area contributed by atoms with E-state index in [1.807, 2.05) is 0 Å². The lowest BCUT2D eigenvalue weighted by Gasteiger charge is -1.97. The van der Waals surface area contributed by atoms with E-state index in [0.717, 1.165) is 0 Å². The van der Waals surface area contributed by atoms with Crippen LogP contribution >= 0.6 is 0 Å². The monoisotopic (exact) mass is 188 g/mol. The molecule has 1 atom stereocenters. The Kier molecular flexibility index (Phi) is 2.78. The average molecular weight is 188 g/mol. The zero-order chi connectivity index (χ0) is 9.84. The molecule has 0 fully saturated rings. The van der Waals surface area contributed by atoms with Gasteiger partial charge >= 0.3 is 12.2 Å². The fraction of sp³-hybridized carbons (Fsp3) is 0.667. The topological polar surface area (TPSA) is 91.0 Å². The molecule has 0 amide bonds. The normalized spacial score (nSPS) is 20.4. The van der Waals surface area contributed by atoms with Gasteiger partial charge in [-0.3, -0.25) is 10.1 Å². The molecule has 1 rings (SSSR count). The van der Waals surface area contributed by atoms with E-state index in [0.29, 0.717) is 0 Å². The van der Waals surface area contributed by atoms with Crippen molar-refractivity contribution in [1.82, 2.24) is 0 Å². The molecule has 0 aromatic rings. The van der Waals surface area contributed by atoms with Crippen molar-refractivity contribution in [2.45, 2.75) is 19.6 Å². The van der Waals surface area contributed by atoms with E-state index in [1.54, 1.807) is 6.92 Å². The van der Waals surface area contributed by atoms with Crippen LogP contribution in [0.15, 0.2) is 5.16 Å². The highest BCUT2D eigenvalue weighted by Gasteiger charge is 2.34. The van der Waals surface area contributed by atoms with Gasteiger partial charge in [0.2, 0.25) is 0 Å². The Labute approximate surface area is 73.4 Å². The number of carbonyl (C=O) groups is 1. The van der Waals surface area contributed by atoms with Crippen LogP contribution in [-0.4, -0.2) is 29.4 Å². The first-order valence-corrected chi connectivity index (χ1v) is 3.68. The highest BCUT2D eigenvalue weighted by Crippen LogP contribution is 2.11. The number of esters is 1. The van der Waals surface area contributed by atoms with Crippen molar-refractivity contribution in [3.8, 4) is 0 Å². The number of rotatable bonds is 3. The first-order chi connectivity index (χ1) is 6.15. The minimum absolute atomic E-state index is 0.0384. The van der Waals surface area contributed by atoms with Gasteiger partial charge in [-0.05, 0) is 6.92 Å². The number of carbonyl (C=O) groups excluding carboxylic acids is 1. The summed E-state index contributed by atoms with van der Waals surface area (Å²) in [5.74, 6) is -0.660. The van der Waals surface area contributed by atoms with Crippen LogP contribution in [0.2, 0.25) is 0 Å². The summed E-state index contributed by atoms with van der Waals surface area (Å²) in [7, 11) is 0. The molecule has 7 heteroatoms. The molecule has 0 saturated heterocycles. The van der Waals surface area contributed by atoms with Crippen molar-refractivity contribution in [2.75, 3.05) is 6.61 Å². The number of ether oxygens (including phenoxy) is 1. The summed E-state index contributed by atoms with van der Waals surface area (Å²) in [6.07, 6.45) is -1.38. The van der Waals surface area contributed by atoms with Crippen LogP contribution in [0, 0.1) is 10.1 Å². The van der Waals surface area contributed by atoms with Crippen LogP contribution < -0.4 is 0 Å². The molecule has 1 aliphatic heterocycles. The highest BCUT2D eigenvalue weighted by molar-refractivity contribution is 6.36. The van der Waals surface area contributed by atoms with Gasteiger partial charge in [0.15, 0.2) is 5.71 Å². The maximum atomic E-state index is 11.0. The molecule has 1 aliphatic rings. The Hall–Kier alpha value is -1.66. The Bertz CT molecular complexity index is 262. The lowest BCUT2D eigenvalue weighted by atomic mass is 10.2. The van der Waals surface area contributed by atoms with Crippen molar-refractivity contribution in [1.29, 1.82) is 0 Å². The smallest absolute Gasteiger partial charge is 0.380 e. The van der Waals surface area contributed by atoms with E-state index in [2.05, 4.69) is 14.7 Å². The molecule has 0 spiro atoms. The van der Waals surface area contributed by atoms with Crippen molar-refractivity contribution >= 4 is 11.7 Å². The molecule has 1 unspecified atom stereocenters. The molecule has 0 radical (unpaired) electrons. The molecule has 1 heterocycles. The fourth-order valence-corrected chi connectivity index (χ4v) is 0.812. The Morgan fingerprint density at radius 3 is 3.08 bits per heavy atom. The first kappa shape index (κ1) is 9.43. The van der Waals surface area contributed by atoms with E-state index < -0.39 is 17.1 Å². The maximum absolute atomic E-state index is 11.0. The van der Waals surface area contributed by atoms with Gasteiger partial charge < -0.3 is 9.57 Å². The Morgan fingerprint density at radius 1 is 1.92 bits per heavy atom. The average Bonchev–Trinajstić information content (AvgIpc) is 2.52. The lowest BCUT2D eigenvalue weighted by molar-refractivity contribution is -0.571. The van der Waals surface area contributed by atoms with Crippen LogP contribution in [0.5, 0.6) is 0 Å². The highest BCUT2D eigenvalue weighted by atomic mass is 16.7. The Morgan fingerprint density at radius 2 is 2.62 bits per heavy atom. The largest absolute Gasteiger partial charge is 0.461 e. The van der Waals surface area contributed by atoms with Gasteiger partial charge in [-0.15, -0.1) is 0 Å². The number of oxime groups is 1. The third-order valence-corrected chi connectivity index (χ3v) is 1.40. The van der Waals surface area contributed by atoms with Crippen LogP contribution in [0.25, 0.3) is 0 Å². The molecule has 0 aromatic heterocycles. The van der Waals surface area contributed by atoms with Crippen molar-refractivity contribution < 1.29 is 19.3 Å². The van der Waals surface area contributed by atoms with E-state index in [1.165, 1.54) is 0 Å². The molecule has 0 N–H and O–H groups in total. The second-order valence-electron chi connectivity index (χ2n) is 2.31. The molecular formula is C6H8N2O5. The predicted molar refractivity (Wildman–Crippen MR) is 40.6 cm³/mol. The van der Waals surface area contributed by atoms with Crippen LogP contribution in [0.1, 0.15) is 13.3 Å². The zero-order valence-corrected chi connectivity index (χ0v) is 6.93. The lowest BCUT2D eigenvalue weighted by Crippen LogP contribution is -2.22. The number of nitro groups is 1. The quantitative estimate of drug-likeness (QED) is 0.351. The van der Waals surface area contributed by atoms with E-state index >= 15 is 0 Å². The van der Waals surface area contributed by atoms with E-state index in [4.69, 9.17) is 0 Å². The predicted octanol–water partition coefficient (Wildman–Crippen LogP) is -0.0714. The summed E-state index contributed by atoms with van der Waals surface area (Å²) in [5.41, 5.74) is -0.0384. The van der Waals surface area contributed by atoms with Crippen LogP contribution in [0.3, 0.4) is 0 Å². The molecule has 0 aromatic carbocycles. The van der Waals surface area contributed by atoms with Crippen molar-refractivity contribution in [2.24, 2.45) is 5.16 Å². The number of hydrogen-bond acceptors (Lipinski definition) is 6. The summed E-state index contributed by atoms with van der Waals surface area (Å²) in [6, 6.07) is 0. The first-order valence-electron chi connectivity index (χ1n) is 3.68. The summed E-state index contributed by atoms with van der Waals surface area (Å²) in [6.45, 7) is 1.85. The third kappa shape index (κ3) is 2.14. The van der Waals surface area contributed by atoms with Gasteiger partial charge in [0.05, 0.1) is 11.5 Å². The zero-order valence-electron chi connectivity index (χ0n) is 6.93.